The molecule has 0 bridgehead atoms. The normalized spacial score (nSPS) is 13.5. The van der Waals surface area contributed by atoms with Gasteiger partial charge in [0.2, 0.25) is 0 Å². The third kappa shape index (κ3) is 4.06. The van der Waals surface area contributed by atoms with Crippen molar-refractivity contribution in [3.8, 4) is 0 Å². The minimum absolute atomic E-state index is 0.172. The molecule has 0 heterocycles. The standard InChI is InChI=1S/C18H21N/c1-18(2,3)14-19-17(15-10-6-4-7-11-15)16-12-8-5-9-13-16/h4-13H,14H2,1-3H3/i14D/t14-/m1/s1. The van der Waals surface area contributed by atoms with Crippen LogP contribution in [-0.2, 0) is 0 Å². The average molecular weight is 252 g/mol. The van der Waals surface area contributed by atoms with E-state index in [0.717, 1.165) is 16.8 Å². The predicted octanol–water partition coefficient (Wildman–Crippen LogP) is 4.57. The minimum Gasteiger partial charge on any atom is -0.284 e. The van der Waals surface area contributed by atoms with Gasteiger partial charge in [0, 0.05) is 17.6 Å². The Balaban J connectivity index is 2.49. The molecule has 0 aliphatic carbocycles. The van der Waals surface area contributed by atoms with Crippen LogP contribution in [0.15, 0.2) is 65.7 Å². The van der Waals surface area contributed by atoms with Crippen molar-refractivity contribution in [1.29, 1.82) is 0 Å². The van der Waals surface area contributed by atoms with Gasteiger partial charge in [-0.05, 0) is 5.41 Å². The van der Waals surface area contributed by atoms with Crippen molar-refractivity contribution in [2.45, 2.75) is 20.8 Å². The van der Waals surface area contributed by atoms with Gasteiger partial charge in [0.15, 0.2) is 0 Å². The molecule has 0 saturated heterocycles. The zero-order valence-corrected chi connectivity index (χ0v) is 11.8. The van der Waals surface area contributed by atoms with E-state index in [1.54, 1.807) is 0 Å². The minimum atomic E-state index is -0.488. The van der Waals surface area contributed by atoms with Gasteiger partial charge in [-0.15, -0.1) is 0 Å². The molecule has 0 N–H and O–H groups in total. The first-order valence-corrected chi connectivity index (χ1v) is 6.59. The molecule has 2 aromatic rings. The Morgan fingerprint density at radius 3 is 1.68 bits per heavy atom. The summed E-state index contributed by atoms with van der Waals surface area (Å²) in [6, 6.07) is 20.2. The first-order valence-electron chi connectivity index (χ1n) is 7.17. The van der Waals surface area contributed by atoms with Crippen molar-refractivity contribution in [3.05, 3.63) is 71.8 Å². The Kier molecular flexibility index (Phi) is 3.73. The topological polar surface area (TPSA) is 12.4 Å². The lowest BCUT2D eigenvalue weighted by Crippen LogP contribution is -2.13. The van der Waals surface area contributed by atoms with Gasteiger partial charge in [-0.2, -0.15) is 0 Å². The van der Waals surface area contributed by atoms with E-state index in [2.05, 4.69) is 4.99 Å². The van der Waals surface area contributed by atoms with Crippen LogP contribution in [0, 0.1) is 5.41 Å². The van der Waals surface area contributed by atoms with Gasteiger partial charge in [0.05, 0.1) is 7.08 Å². The molecule has 1 nitrogen and oxygen atoms in total. The van der Waals surface area contributed by atoms with E-state index < -0.39 is 6.52 Å². The molecule has 0 amide bonds. The lowest BCUT2D eigenvalue weighted by molar-refractivity contribution is 0.430. The van der Waals surface area contributed by atoms with Crippen LogP contribution in [0.3, 0.4) is 0 Å². The molecular formula is C18H21N. The summed E-state index contributed by atoms with van der Waals surface area (Å²) in [5.74, 6) is 0. The van der Waals surface area contributed by atoms with E-state index in [-0.39, 0.29) is 5.41 Å². The fraction of sp³-hybridized carbons (Fsp3) is 0.278. The Bertz CT molecular complexity index is 526. The van der Waals surface area contributed by atoms with E-state index in [1.807, 2.05) is 81.4 Å². The van der Waals surface area contributed by atoms with E-state index >= 15 is 0 Å². The molecule has 0 radical (unpaired) electrons. The molecule has 2 aromatic carbocycles. The van der Waals surface area contributed by atoms with E-state index in [0.29, 0.717) is 0 Å². The third-order valence-corrected chi connectivity index (χ3v) is 2.68. The number of nitrogens with zero attached hydrogens (tertiary/aromatic N) is 1. The molecule has 0 aromatic heterocycles. The lowest BCUT2D eigenvalue weighted by Gasteiger charge is -2.16. The third-order valence-electron chi connectivity index (χ3n) is 2.68. The molecule has 0 aliphatic rings. The molecule has 1 heteroatoms. The fourth-order valence-electron chi connectivity index (χ4n) is 1.77. The number of rotatable bonds is 3. The Labute approximate surface area is 117 Å². The molecule has 2 rings (SSSR count). The smallest absolute Gasteiger partial charge is 0.0719 e. The summed E-state index contributed by atoms with van der Waals surface area (Å²) < 4.78 is 8.27. The van der Waals surface area contributed by atoms with Gasteiger partial charge in [-0.3, -0.25) is 4.99 Å². The molecule has 0 saturated carbocycles. The van der Waals surface area contributed by atoms with Crippen LogP contribution in [0.4, 0.5) is 0 Å². The van der Waals surface area contributed by atoms with Crippen LogP contribution in [0.5, 0.6) is 0 Å². The summed E-state index contributed by atoms with van der Waals surface area (Å²) in [6.07, 6.45) is 0. The number of aliphatic imine (C=N–C) groups is 1. The molecule has 1 atom stereocenters. The highest BCUT2D eigenvalue weighted by molar-refractivity contribution is 6.12. The SMILES string of the molecule is [2H][C@@H](N=C(c1ccccc1)c1ccccc1)C(C)(C)C. The average Bonchev–Trinajstić information content (AvgIpc) is 2.45. The van der Waals surface area contributed by atoms with E-state index in [4.69, 9.17) is 1.37 Å². The van der Waals surface area contributed by atoms with Gasteiger partial charge in [0.1, 0.15) is 0 Å². The maximum Gasteiger partial charge on any atom is 0.0719 e. The Morgan fingerprint density at radius 1 is 0.895 bits per heavy atom. The molecule has 0 spiro atoms. The maximum atomic E-state index is 8.27. The predicted molar refractivity (Wildman–Crippen MR) is 82.8 cm³/mol. The molecule has 0 unspecified atom stereocenters. The summed E-state index contributed by atoms with van der Waals surface area (Å²) in [5.41, 5.74) is 2.83. The number of benzene rings is 2. The van der Waals surface area contributed by atoms with Gasteiger partial charge >= 0.3 is 0 Å². The van der Waals surface area contributed by atoms with Crippen molar-refractivity contribution in [2.75, 3.05) is 6.52 Å². The van der Waals surface area contributed by atoms with Crippen LogP contribution in [0.25, 0.3) is 0 Å². The van der Waals surface area contributed by atoms with Gasteiger partial charge in [0.25, 0.3) is 0 Å². The van der Waals surface area contributed by atoms with Crippen molar-refractivity contribution in [2.24, 2.45) is 10.4 Å². The summed E-state index contributed by atoms with van der Waals surface area (Å²) in [4.78, 5) is 4.67. The van der Waals surface area contributed by atoms with Crippen LogP contribution < -0.4 is 0 Å². The molecule has 98 valence electrons. The highest BCUT2D eigenvalue weighted by atomic mass is 14.8. The van der Waals surface area contributed by atoms with Crippen molar-refractivity contribution >= 4 is 5.71 Å². The summed E-state index contributed by atoms with van der Waals surface area (Å²) in [5, 5.41) is 0. The van der Waals surface area contributed by atoms with Crippen LogP contribution in [-0.4, -0.2) is 12.2 Å². The summed E-state index contributed by atoms with van der Waals surface area (Å²) >= 11 is 0. The van der Waals surface area contributed by atoms with Crippen molar-refractivity contribution in [1.82, 2.24) is 0 Å². The second kappa shape index (κ2) is 5.83. The van der Waals surface area contributed by atoms with Gasteiger partial charge < -0.3 is 0 Å². The Hall–Kier alpha value is -1.89. The first-order chi connectivity index (χ1) is 9.48. The molecule has 0 fully saturated rings. The van der Waals surface area contributed by atoms with E-state index in [9.17, 15) is 0 Å². The summed E-state index contributed by atoms with van der Waals surface area (Å²) in [6.45, 7) is 5.64. The number of hydrogen-bond acceptors (Lipinski definition) is 1. The molecule has 19 heavy (non-hydrogen) atoms. The second-order valence-electron chi connectivity index (χ2n) is 5.70. The van der Waals surface area contributed by atoms with Crippen molar-refractivity contribution in [3.63, 3.8) is 0 Å². The molecule has 0 aliphatic heterocycles. The zero-order valence-electron chi connectivity index (χ0n) is 12.8. The summed E-state index contributed by atoms with van der Waals surface area (Å²) in [7, 11) is 0. The highest BCUT2D eigenvalue weighted by Gasteiger charge is 2.11. The quantitative estimate of drug-likeness (QED) is 0.710. The monoisotopic (exact) mass is 252 g/mol. The molecular weight excluding hydrogens is 230 g/mol. The van der Waals surface area contributed by atoms with Crippen LogP contribution in [0.1, 0.15) is 33.3 Å². The van der Waals surface area contributed by atoms with Crippen LogP contribution >= 0.6 is 0 Å². The Morgan fingerprint density at radius 2 is 1.32 bits per heavy atom. The number of hydrogen-bond donors (Lipinski definition) is 0. The highest BCUT2D eigenvalue weighted by Crippen LogP contribution is 2.16. The van der Waals surface area contributed by atoms with Gasteiger partial charge in [-0.25, -0.2) is 0 Å². The van der Waals surface area contributed by atoms with Crippen molar-refractivity contribution < 1.29 is 1.37 Å². The van der Waals surface area contributed by atoms with Gasteiger partial charge in [-0.1, -0.05) is 81.4 Å². The van der Waals surface area contributed by atoms with E-state index in [1.165, 1.54) is 0 Å². The van der Waals surface area contributed by atoms with Crippen LogP contribution in [0.2, 0.25) is 0 Å². The zero-order chi connectivity index (χ0) is 14.6. The second-order valence-corrected chi connectivity index (χ2v) is 5.70. The largest absolute Gasteiger partial charge is 0.284 e. The fourth-order valence-corrected chi connectivity index (χ4v) is 1.77. The lowest BCUT2D eigenvalue weighted by atomic mass is 9.96. The first kappa shape index (κ1) is 12.2. The maximum absolute atomic E-state index is 8.27.